The number of anilines is 1. The van der Waals surface area contributed by atoms with Crippen LogP contribution in [0.15, 0.2) is 29.0 Å². The van der Waals surface area contributed by atoms with Gasteiger partial charge in [-0.3, -0.25) is 9.59 Å². The Kier molecular flexibility index (Phi) is 2.52. The summed E-state index contributed by atoms with van der Waals surface area (Å²) in [5, 5.41) is 6.59. The van der Waals surface area contributed by atoms with E-state index in [1.54, 1.807) is 12.1 Å². The summed E-state index contributed by atoms with van der Waals surface area (Å²) in [6.07, 6.45) is 0.360. The fourth-order valence-corrected chi connectivity index (χ4v) is 2.95. The topological polar surface area (TPSA) is 46.2 Å². The number of rotatable bonds is 2. The number of benzene rings is 1. The average Bonchev–Trinajstić information content (AvgIpc) is 2.91. The molecule has 0 bridgehead atoms. The van der Waals surface area contributed by atoms with Crippen molar-refractivity contribution >= 4 is 28.7 Å². The Bertz CT molecular complexity index is 658. The number of hydrogen-bond donors (Lipinski definition) is 1. The second kappa shape index (κ2) is 4.07. The third-order valence-electron chi connectivity index (χ3n) is 3.09. The molecule has 1 amide bonds. The third kappa shape index (κ3) is 1.75. The van der Waals surface area contributed by atoms with Crippen molar-refractivity contribution in [2.24, 2.45) is 0 Å². The number of fused-ring (bicyclic) bond motifs is 1. The number of amides is 1. The number of ketones is 1. The van der Waals surface area contributed by atoms with Gasteiger partial charge in [-0.2, -0.15) is 11.3 Å². The maximum absolute atomic E-state index is 12.3. The highest BCUT2D eigenvalue weighted by atomic mass is 32.1. The van der Waals surface area contributed by atoms with Crippen LogP contribution in [-0.2, 0) is 11.2 Å². The van der Waals surface area contributed by atoms with Crippen molar-refractivity contribution < 1.29 is 9.59 Å². The lowest BCUT2D eigenvalue weighted by Gasteiger charge is -2.03. The van der Waals surface area contributed by atoms with Gasteiger partial charge in [0.25, 0.3) is 0 Å². The van der Waals surface area contributed by atoms with Crippen LogP contribution in [0.1, 0.15) is 27.0 Å². The lowest BCUT2D eigenvalue weighted by atomic mass is 10.0. The zero-order valence-electron chi connectivity index (χ0n) is 9.82. The van der Waals surface area contributed by atoms with E-state index >= 15 is 0 Å². The van der Waals surface area contributed by atoms with Crippen molar-refractivity contribution in [1.82, 2.24) is 0 Å². The summed E-state index contributed by atoms with van der Waals surface area (Å²) >= 11 is 1.53. The van der Waals surface area contributed by atoms with Gasteiger partial charge in [0.05, 0.1) is 6.42 Å². The molecule has 1 N–H and O–H groups in total. The molecule has 2 heterocycles. The molecule has 0 radical (unpaired) electrons. The summed E-state index contributed by atoms with van der Waals surface area (Å²) in [7, 11) is 0. The van der Waals surface area contributed by atoms with Crippen molar-refractivity contribution in [3.8, 4) is 0 Å². The largest absolute Gasteiger partial charge is 0.326 e. The van der Waals surface area contributed by atoms with E-state index in [1.165, 1.54) is 11.3 Å². The van der Waals surface area contributed by atoms with E-state index in [0.717, 1.165) is 22.4 Å². The van der Waals surface area contributed by atoms with Crippen LogP contribution in [0.3, 0.4) is 0 Å². The van der Waals surface area contributed by atoms with Gasteiger partial charge in [-0.15, -0.1) is 0 Å². The van der Waals surface area contributed by atoms with Crippen LogP contribution in [0, 0.1) is 6.92 Å². The molecule has 1 aromatic carbocycles. The second-order valence-corrected chi connectivity index (χ2v) is 5.14. The Balaban J connectivity index is 2.00. The molecule has 0 fully saturated rings. The number of nitrogens with one attached hydrogen (secondary N) is 1. The Morgan fingerprint density at radius 1 is 1.33 bits per heavy atom. The van der Waals surface area contributed by atoms with E-state index in [4.69, 9.17) is 0 Å². The molecule has 0 atom stereocenters. The van der Waals surface area contributed by atoms with Crippen LogP contribution in [0.4, 0.5) is 5.69 Å². The minimum absolute atomic E-state index is 0.0127. The molecule has 1 aliphatic rings. The van der Waals surface area contributed by atoms with E-state index in [9.17, 15) is 9.59 Å². The minimum Gasteiger partial charge on any atom is -0.326 e. The van der Waals surface area contributed by atoms with Gasteiger partial charge in [0, 0.05) is 22.2 Å². The van der Waals surface area contributed by atoms with Crippen LogP contribution in [0.25, 0.3) is 0 Å². The van der Waals surface area contributed by atoms with Crippen LogP contribution in [0.2, 0.25) is 0 Å². The summed E-state index contributed by atoms with van der Waals surface area (Å²) < 4.78 is 0. The molecule has 0 aliphatic carbocycles. The number of carbonyl (C=O) groups excluding carboxylic acids is 2. The van der Waals surface area contributed by atoms with Crippen molar-refractivity contribution in [2.75, 3.05) is 5.32 Å². The van der Waals surface area contributed by atoms with Crippen LogP contribution in [-0.4, -0.2) is 11.7 Å². The zero-order chi connectivity index (χ0) is 12.7. The molecular weight excluding hydrogens is 246 g/mol. The first-order valence-electron chi connectivity index (χ1n) is 5.65. The summed E-state index contributed by atoms with van der Waals surface area (Å²) in [6, 6.07) is 5.38. The van der Waals surface area contributed by atoms with Crippen molar-refractivity contribution in [3.05, 3.63) is 51.2 Å². The first-order chi connectivity index (χ1) is 8.65. The maximum atomic E-state index is 12.3. The predicted octanol–water partition coefficient (Wildman–Crippen LogP) is 2.78. The normalized spacial score (nSPS) is 13.3. The number of aryl methyl sites for hydroxylation is 1. The Morgan fingerprint density at radius 2 is 2.17 bits per heavy atom. The van der Waals surface area contributed by atoms with Crippen molar-refractivity contribution in [3.63, 3.8) is 0 Å². The smallest absolute Gasteiger partial charge is 0.228 e. The molecule has 0 unspecified atom stereocenters. The summed E-state index contributed by atoms with van der Waals surface area (Å²) in [4.78, 5) is 23.6. The Morgan fingerprint density at radius 3 is 2.89 bits per heavy atom. The molecule has 1 aromatic heterocycles. The van der Waals surface area contributed by atoms with Crippen LogP contribution < -0.4 is 5.32 Å². The molecule has 0 saturated heterocycles. The minimum atomic E-state index is -0.0127. The average molecular weight is 257 g/mol. The van der Waals surface area contributed by atoms with Crippen molar-refractivity contribution in [1.29, 1.82) is 0 Å². The molecule has 1 aliphatic heterocycles. The summed E-state index contributed by atoms with van der Waals surface area (Å²) in [6.45, 7) is 1.93. The predicted molar refractivity (Wildman–Crippen MR) is 71.3 cm³/mol. The van der Waals surface area contributed by atoms with Crippen molar-refractivity contribution in [2.45, 2.75) is 13.3 Å². The molecular formula is C14H11NO2S. The van der Waals surface area contributed by atoms with Gasteiger partial charge in [-0.05, 0) is 41.6 Å². The SMILES string of the molecule is Cc1cscc1C(=O)c1ccc2c(c1)CC(=O)N2. The molecule has 0 saturated carbocycles. The van der Waals surface area contributed by atoms with Gasteiger partial charge in [-0.25, -0.2) is 0 Å². The van der Waals surface area contributed by atoms with Gasteiger partial charge in [0.2, 0.25) is 5.91 Å². The Labute approximate surface area is 108 Å². The molecule has 90 valence electrons. The van der Waals surface area contributed by atoms with Gasteiger partial charge >= 0.3 is 0 Å². The number of carbonyl (C=O) groups is 2. The Hall–Kier alpha value is -1.94. The summed E-state index contributed by atoms with van der Waals surface area (Å²) in [5.74, 6) is 0.0113. The standard InChI is InChI=1S/C14H11NO2S/c1-8-6-18-7-11(8)14(17)9-2-3-12-10(4-9)5-13(16)15-12/h2-4,6-7H,5H2,1H3,(H,15,16). The quantitative estimate of drug-likeness (QED) is 0.841. The van der Waals surface area contributed by atoms with Crippen LogP contribution in [0.5, 0.6) is 0 Å². The molecule has 3 nitrogen and oxygen atoms in total. The molecule has 3 rings (SSSR count). The first kappa shape index (κ1) is 11.2. The lowest BCUT2D eigenvalue weighted by Crippen LogP contribution is -2.03. The first-order valence-corrected chi connectivity index (χ1v) is 6.59. The van der Waals surface area contributed by atoms with Gasteiger partial charge in [0.15, 0.2) is 5.78 Å². The van der Waals surface area contributed by atoms with Gasteiger partial charge in [0.1, 0.15) is 0 Å². The van der Waals surface area contributed by atoms with E-state index in [2.05, 4.69) is 5.32 Å². The van der Waals surface area contributed by atoms with E-state index in [0.29, 0.717) is 12.0 Å². The fourth-order valence-electron chi connectivity index (χ4n) is 2.12. The van der Waals surface area contributed by atoms with Gasteiger partial charge in [-0.1, -0.05) is 0 Å². The van der Waals surface area contributed by atoms with Crippen LogP contribution >= 0.6 is 11.3 Å². The van der Waals surface area contributed by atoms with E-state index in [-0.39, 0.29) is 11.7 Å². The molecule has 2 aromatic rings. The molecule has 0 spiro atoms. The summed E-state index contributed by atoms with van der Waals surface area (Å²) in [5.41, 5.74) is 4.11. The van der Waals surface area contributed by atoms with E-state index < -0.39 is 0 Å². The van der Waals surface area contributed by atoms with Gasteiger partial charge < -0.3 is 5.32 Å². The molecule has 4 heteroatoms. The monoisotopic (exact) mass is 257 g/mol. The number of thiophene rings is 1. The number of hydrogen-bond acceptors (Lipinski definition) is 3. The third-order valence-corrected chi connectivity index (χ3v) is 3.95. The zero-order valence-corrected chi connectivity index (χ0v) is 10.6. The van der Waals surface area contributed by atoms with E-state index in [1.807, 2.05) is 23.8 Å². The fraction of sp³-hybridized carbons (Fsp3) is 0.143. The lowest BCUT2D eigenvalue weighted by molar-refractivity contribution is -0.115. The highest BCUT2D eigenvalue weighted by Gasteiger charge is 2.20. The highest BCUT2D eigenvalue weighted by Crippen LogP contribution is 2.26. The highest BCUT2D eigenvalue weighted by molar-refractivity contribution is 7.08. The molecule has 18 heavy (non-hydrogen) atoms. The second-order valence-electron chi connectivity index (χ2n) is 4.39. The maximum Gasteiger partial charge on any atom is 0.228 e.